The van der Waals surface area contributed by atoms with Crippen molar-refractivity contribution < 1.29 is 18.9 Å². The van der Waals surface area contributed by atoms with E-state index in [-0.39, 0.29) is 16.6 Å². The maximum atomic E-state index is 12.8. The second kappa shape index (κ2) is 9.49. The average molecular weight is 480 g/mol. The summed E-state index contributed by atoms with van der Waals surface area (Å²) in [5.74, 6) is 0.559. The first-order chi connectivity index (χ1) is 14.9. The van der Waals surface area contributed by atoms with Crippen LogP contribution in [-0.2, 0) is 9.53 Å². The van der Waals surface area contributed by atoms with Crippen LogP contribution in [0.1, 0.15) is 5.76 Å². The van der Waals surface area contributed by atoms with Crippen molar-refractivity contribution in [3.8, 4) is 11.3 Å². The van der Waals surface area contributed by atoms with Crippen LogP contribution in [0.15, 0.2) is 39.7 Å². The van der Waals surface area contributed by atoms with Crippen LogP contribution in [0.3, 0.4) is 0 Å². The third kappa shape index (κ3) is 4.99. The van der Waals surface area contributed by atoms with Gasteiger partial charge in [0.25, 0.3) is 11.6 Å². The Kier molecular flexibility index (Phi) is 6.73. The number of amides is 1. The number of thioether (sulfide) groups is 1. The van der Waals surface area contributed by atoms with Gasteiger partial charge >= 0.3 is 0 Å². The standard InChI is InChI=1S/C20H18ClN3O5S2/c21-13-1-3-15(16(11-13)24(26)27)17-4-2-14(29-17)12-18-19(25)23(20(30)31-18)6-5-22-7-9-28-10-8-22/h1-4,11-12H,5-10H2. The van der Waals surface area contributed by atoms with Gasteiger partial charge in [-0.25, -0.2) is 0 Å². The number of morpholine rings is 1. The molecule has 4 rings (SSSR count). The van der Waals surface area contributed by atoms with Crippen LogP contribution in [0.2, 0.25) is 5.02 Å². The van der Waals surface area contributed by atoms with Crippen LogP contribution in [0, 0.1) is 10.1 Å². The first-order valence-electron chi connectivity index (χ1n) is 9.52. The number of ether oxygens (including phenoxy) is 1. The molecule has 2 aliphatic heterocycles. The van der Waals surface area contributed by atoms with Crippen molar-refractivity contribution in [2.75, 3.05) is 39.4 Å². The van der Waals surface area contributed by atoms with E-state index in [4.69, 9.17) is 33.0 Å². The quantitative estimate of drug-likeness (QED) is 0.265. The Bertz CT molecular complexity index is 1060. The van der Waals surface area contributed by atoms with Crippen LogP contribution in [-0.4, -0.2) is 64.3 Å². The molecule has 1 amide bonds. The Balaban J connectivity index is 1.48. The Morgan fingerprint density at radius 2 is 2.00 bits per heavy atom. The number of nitrogens with zero attached hydrogens (tertiary/aromatic N) is 3. The van der Waals surface area contributed by atoms with Gasteiger partial charge in [0.1, 0.15) is 15.8 Å². The molecule has 1 aromatic carbocycles. The molecular formula is C20H18ClN3O5S2. The van der Waals surface area contributed by atoms with E-state index >= 15 is 0 Å². The second-order valence-corrected chi connectivity index (χ2v) is 9.02. The topological polar surface area (TPSA) is 89.1 Å². The lowest BCUT2D eigenvalue weighted by Crippen LogP contribution is -2.42. The van der Waals surface area contributed by atoms with Crippen LogP contribution in [0.5, 0.6) is 0 Å². The van der Waals surface area contributed by atoms with E-state index in [1.165, 1.54) is 23.9 Å². The van der Waals surface area contributed by atoms with Crippen LogP contribution in [0.25, 0.3) is 17.4 Å². The van der Waals surface area contributed by atoms with Crippen molar-refractivity contribution in [2.45, 2.75) is 0 Å². The first kappa shape index (κ1) is 22.0. The van der Waals surface area contributed by atoms with Crippen LogP contribution in [0.4, 0.5) is 5.69 Å². The molecule has 0 aliphatic carbocycles. The number of nitro groups is 1. The summed E-state index contributed by atoms with van der Waals surface area (Å²) in [6.07, 6.45) is 1.61. The normalized spacial score (nSPS) is 18.9. The maximum Gasteiger partial charge on any atom is 0.281 e. The van der Waals surface area contributed by atoms with Crippen molar-refractivity contribution in [3.05, 3.63) is 56.1 Å². The van der Waals surface area contributed by atoms with E-state index in [1.807, 2.05) is 0 Å². The zero-order valence-electron chi connectivity index (χ0n) is 16.3. The fraction of sp³-hybridized carbons (Fsp3) is 0.300. The monoisotopic (exact) mass is 479 g/mol. The Morgan fingerprint density at radius 1 is 1.23 bits per heavy atom. The number of carbonyl (C=O) groups excluding carboxylic acids is 1. The van der Waals surface area contributed by atoms with Gasteiger partial charge in [0.05, 0.1) is 28.6 Å². The Labute approximate surface area is 192 Å². The zero-order valence-corrected chi connectivity index (χ0v) is 18.7. The van der Waals surface area contributed by atoms with Gasteiger partial charge in [-0.15, -0.1) is 0 Å². The molecule has 31 heavy (non-hydrogen) atoms. The summed E-state index contributed by atoms with van der Waals surface area (Å²) < 4.78 is 11.6. The Hall–Kier alpha value is -2.24. The maximum absolute atomic E-state index is 12.8. The molecule has 11 heteroatoms. The van der Waals surface area contributed by atoms with E-state index in [9.17, 15) is 14.9 Å². The van der Waals surface area contributed by atoms with Gasteiger partial charge in [-0.2, -0.15) is 0 Å². The van der Waals surface area contributed by atoms with Gasteiger partial charge in [-0.1, -0.05) is 35.6 Å². The molecule has 0 unspecified atom stereocenters. The van der Waals surface area contributed by atoms with Gasteiger partial charge in [-0.3, -0.25) is 24.7 Å². The summed E-state index contributed by atoms with van der Waals surface area (Å²) >= 11 is 12.5. The molecule has 1 aromatic heterocycles. The first-order valence-corrected chi connectivity index (χ1v) is 11.1. The molecule has 8 nitrogen and oxygen atoms in total. The smallest absolute Gasteiger partial charge is 0.281 e. The van der Waals surface area contributed by atoms with Crippen LogP contribution < -0.4 is 0 Å². The summed E-state index contributed by atoms with van der Waals surface area (Å²) in [7, 11) is 0. The third-order valence-corrected chi connectivity index (χ3v) is 6.55. The molecule has 0 atom stereocenters. The number of rotatable bonds is 6. The molecule has 3 heterocycles. The average Bonchev–Trinajstić information content (AvgIpc) is 3.32. The van der Waals surface area contributed by atoms with Crippen molar-refractivity contribution in [1.82, 2.24) is 9.80 Å². The van der Waals surface area contributed by atoms with E-state index in [1.54, 1.807) is 29.2 Å². The van der Waals surface area contributed by atoms with E-state index in [2.05, 4.69) is 4.90 Å². The molecular weight excluding hydrogens is 462 g/mol. The minimum Gasteiger partial charge on any atom is -0.456 e. The summed E-state index contributed by atoms with van der Waals surface area (Å²) in [5.41, 5.74) is 0.162. The highest BCUT2D eigenvalue weighted by Crippen LogP contribution is 2.36. The highest BCUT2D eigenvalue weighted by molar-refractivity contribution is 8.26. The zero-order chi connectivity index (χ0) is 22.0. The highest BCUT2D eigenvalue weighted by atomic mass is 35.5. The van der Waals surface area contributed by atoms with Crippen molar-refractivity contribution >= 4 is 57.6 Å². The number of carbonyl (C=O) groups is 1. The number of hydrogen-bond donors (Lipinski definition) is 0. The molecule has 162 valence electrons. The number of furan rings is 1. The number of halogens is 1. The third-order valence-electron chi connectivity index (χ3n) is 4.94. The molecule has 2 fully saturated rings. The molecule has 2 aromatic rings. The fourth-order valence-electron chi connectivity index (χ4n) is 3.33. The van der Waals surface area contributed by atoms with Crippen molar-refractivity contribution in [1.29, 1.82) is 0 Å². The lowest BCUT2D eigenvalue weighted by atomic mass is 10.1. The predicted octanol–water partition coefficient (Wildman–Crippen LogP) is 4.04. The van der Waals surface area contributed by atoms with Crippen LogP contribution >= 0.6 is 35.6 Å². The molecule has 0 N–H and O–H groups in total. The Morgan fingerprint density at radius 3 is 2.74 bits per heavy atom. The van der Waals surface area contributed by atoms with Gasteiger partial charge in [0.15, 0.2) is 0 Å². The molecule has 2 saturated heterocycles. The molecule has 0 bridgehead atoms. The number of thiocarbonyl (C=S) groups is 1. The minimum atomic E-state index is -0.511. The lowest BCUT2D eigenvalue weighted by Gasteiger charge is -2.28. The van der Waals surface area contributed by atoms with Gasteiger partial charge in [0, 0.05) is 43.3 Å². The SMILES string of the molecule is O=C1C(=Cc2ccc(-c3ccc(Cl)cc3[N+](=O)[O-])o2)SC(=S)N1CCN1CCOCC1. The van der Waals surface area contributed by atoms with E-state index < -0.39 is 4.92 Å². The predicted molar refractivity (Wildman–Crippen MR) is 123 cm³/mol. The summed E-state index contributed by atoms with van der Waals surface area (Å²) in [5, 5.41) is 11.6. The highest BCUT2D eigenvalue weighted by Gasteiger charge is 2.32. The minimum absolute atomic E-state index is 0.150. The molecule has 0 radical (unpaired) electrons. The van der Waals surface area contributed by atoms with Crippen molar-refractivity contribution in [3.63, 3.8) is 0 Å². The van der Waals surface area contributed by atoms with E-state index in [0.717, 1.165) is 19.6 Å². The van der Waals surface area contributed by atoms with E-state index in [0.29, 0.717) is 46.1 Å². The van der Waals surface area contributed by atoms with Crippen molar-refractivity contribution in [2.24, 2.45) is 0 Å². The number of nitro benzene ring substituents is 1. The molecule has 0 spiro atoms. The number of benzene rings is 1. The summed E-state index contributed by atoms with van der Waals surface area (Å²) in [6, 6.07) is 7.66. The summed E-state index contributed by atoms with van der Waals surface area (Å²) in [4.78, 5) is 27.9. The number of hydrogen-bond acceptors (Lipinski definition) is 8. The van der Waals surface area contributed by atoms with Gasteiger partial charge < -0.3 is 9.15 Å². The van der Waals surface area contributed by atoms with Gasteiger partial charge in [0.2, 0.25) is 0 Å². The second-order valence-electron chi connectivity index (χ2n) is 6.91. The van der Waals surface area contributed by atoms with Gasteiger partial charge in [-0.05, 0) is 24.3 Å². The fourth-order valence-corrected chi connectivity index (χ4v) is 4.78. The molecule has 2 aliphatic rings. The molecule has 0 saturated carbocycles. The lowest BCUT2D eigenvalue weighted by molar-refractivity contribution is -0.384. The summed E-state index contributed by atoms with van der Waals surface area (Å²) in [6.45, 7) is 4.33. The largest absolute Gasteiger partial charge is 0.456 e.